The van der Waals surface area contributed by atoms with Crippen LogP contribution < -0.4 is 5.32 Å². The molecule has 2 N–H and O–H groups in total. The van der Waals surface area contributed by atoms with Gasteiger partial charge in [-0.05, 0) is 29.3 Å². The highest BCUT2D eigenvalue weighted by Crippen LogP contribution is 2.34. The van der Waals surface area contributed by atoms with E-state index in [0.29, 0.717) is 12.1 Å². The lowest BCUT2D eigenvalue weighted by atomic mass is 9.98. The van der Waals surface area contributed by atoms with Crippen molar-refractivity contribution in [3.63, 3.8) is 0 Å². The fraction of sp³-hybridized carbons (Fsp3) is 0.216. The van der Waals surface area contributed by atoms with E-state index in [1.807, 2.05) is 72.8 Å². The van der Waals surface area contributed by atoms with Gasteiger partial charge in [0.1, 0.15) is 29.1 Å². The number of carbonyl (C=O) groups is 3. The van der Waals surface area contributed by atoms with E-state index in [4.69, 9.17) is 4.42 Å². The van der Waals surface area contributed by atoms with Crippen LogP contribution in [0, 0.1) is 0 Å². The van der Waals surface area contributed by atoms with Crippen molar-refractivity contribution in [3.8, 4) is 5.75 Å². The van der Waals surface area contributed by atoms with Gasteiger partial charge in [-0.1, -0.05) is 84.9 Å². The Morgan fingerprint density at radius 3 is 2.45 bits per heavy atom. The minimum Gasteiger partial charge on any atom is -0.508 e. The van der Waals surface area contributed by atoms with Crippen molar-refractivity contribution in [1.29, 1.82) is 0 Å². The monoisotopic (exact) mass is 629 g/mol. The number of nitrogens with zero attached hydrogens (tertiary/aromatic N) is 4. The van der Waals surface area contributed by atoms with Gasteiger partial charge in [0.25, 0.3) is 0 Å². The van der Waals surface area contributed by atoms with Crippen LogP contribution in [-0.2, 0) is 29.1 Å². The lowest BCUT2D eigenvalue weighted by molar-refractivity contribution is -0.189. The van der Waals surface area contributed by atoms with Crippen LogP contribution in [0.4, 0.5) is 4.79 Å². The average Bonchev–Trinajstić information content (AvgIpc) is 3.47. The summed E-state index contributed by atoms with van der Waals surface area (Å²) in [5.74, 6) is -0.366. The number of phenols is 1. The zero-order valence-electron chi connectivity index (χ0n) is 25.8. The Kier molecular flexibility index (Phi) is 8.09. The van der Waals surface area contributed by atoms with E-state index in [0.717, 1.165) is 33.0 Å². The summed E-state index contributed by atoms with van der Waals surface area (Å²) in [4.78, 5) is 45.6. The minimum atomic E-state index is -0.879. The largest absolute Gasteiger partial charge is 0.508 e. The molecule has 0 bridgehead atoms. The van der Waals surface area contributed by atoms with Crippen molar-refractivity contribution in [2.24, 2.45) is 0 Å². The molecular formula is C37H35N5O5. The van der Waals surface area contributed by atoms with Crippen LogP contribution in [0.25, 0.3) is 21.9 Å². The Morgan fingerprint density at radius 2 is 1.66 bits per heavy atom. The Labute approximate surface area is 272 Å². The SMILES string of the molecule is C=CCN1CC(=O)N2C(Cc3ccc(O)cc3)C(=O)N(Cc3cccc4c3oc3ccccc34)CC2N1C(=O)NCc1ccccc1. The molecular weight excluding hydrogens is 594 g/mol. The predicted molar refractivity (Wildman–Crippen MR) is 178 cm³/mol. The molecule has 2 aliphatic heterocycles. The lowest BCUT2D eigenvalue weighted by Gasteiger charge is -2.55. The van der Waals surface area contributed by atoms with Crippen molar-refractivity contribution in [3.05, 3.63) is 126 Å². The number of furan rings is 1. The van der Waals surface area contributed by atoms with Crippen LogP contribution in [0.3, 0.4) is 0 Å². The van der Waals surface area contributed by atoms with E-state index in [-0.39, 0.29) is 56.2 Å². The fourth-order valence-corrected chi connectivity index (χ4v) is 6.69. The third kappa shape index (κ3) is 5.79. The van der Waals surface area contributed by atoms with Gasteiger partial charge in [-0.2, -0.15) is 0 Å². The number of aromatic hydroxyl groups is 1. The van der Waals surface area contributed by atoms with Gasteiger partial charge >= 0.3 is 6.03 Å². The number of hydrogen-bond acceptors (Lipinski definition) is 6. The summed E-state index contributed by atoms with van der Waals surface area (Å²) in [5, 5.41) is 18.1. The Bertz CT molecular complexity index is 1960. The smallest absolute Gasteiger partial charge is 0.334 e. The first-order chi connectivity index (χ1) is 22.9. The highest BCUT2D eigenvalue weighted by Gasteiger charge is 2.51. The minimum absolute atomic E-state index is 0.0844. The Balaban J connectivity index is 1.26. The molecule has 1 aromatic heterocycles. The summed E-state index contributed by atoms with van der Waals surface area (Å²) in [5.41, 5.74) is 4.00. The van der Waals surface area contributed by atoms with Crippen LogP contribution in [0.15, 0.2) is 114 Å². The summed E-state index contributed by atoms with van der Waals surface area (Å²) < 4.78 is 6.28. The fourth-order valence-electron chi connectivity index (χ4n) is 6.69. The molecule has 0 radical (unpaired) electrons. The van der Waals surface area contributed by atoms with Crippen LogP contribution >= 0.6 is 0 Å². The first kappa shape index (κ1) is 30.1. The third-order valence-electron chi connectivity index (χ3n) is 8.88. The predicted octanol–water partition coefficient (Wildman–Crippen LogP) is 5.03. The molecule has 10 heteroatoms. The van der Waals surface area contributed by atoms with Gasteiger partial charge in [-0.25, -0.2) is 14.8 Å². The van der Waals surface area contributed by atoms with Crippen molar-refractivity contribution in [2.75, 3.05) is 19.6 Å². The molecule has 2 saturated heterocycles. The normalized spacial score (nSPS) is 18.5. The summed E-state index contributed by atoms with van der Waals surface area (Å²) in [6.45, 7) is 4.66. The highest BCUT2D eigenvalue weighted by molar-refractivity contribution is 6.05. The van der Waals surface area contributed by atoms with Gasteiger partial charge in [0, 0.05) is 42.4 Å². The van der Waals surface area contributed by atoms with E-state index in [1.165, 1.54) is 0 Å². The molecule has 0 saturated carbocycles. The number of para-hydroxylation sites is 2. The quantitative estimate of drug-likeness (QED) is 0.233. The van der Waals surface area contributed by atoms with Crippen molar-refractivity contribution < 1.29 is 23.9 Å². The Hall–Kier alpha value is -5.61. The standard InChI is InChI=1S/C37H35N5O5/c1-2-19-40-24-34(44)41-31(20-25-15-17-28(43)18-16-25)36(45)39(23-33(41)42(40)37(46)38-21-26-9-4-3-5-10-26)22-27-11-8-13-30-29-12-6-7-14-32(29)47-35(27)30/h2-18,31,33,43H,1,19-24H2,(H,38,46). The number of phenolic OH excluding ortho intramolecular Hbond substituents is 1. The zero-order chi connectivity index (χ0) is 32.5. The number of amides is 4. The maximum Gasteiger partial charge on any atom is 0.334 e. The number of hydrogen-bond donors (Lipinski definition) is 2. The molecule has 2 aliphatic rings. The van der Waals surface area contributed by atoms with E-state index in [1.54, 1.807) is 50.2 Å². The van der Waals surface area contributed by atoms with Gasteiger partial charge in [-0.3, -0.25) is 9.59 Å². The molecule has 10 nitrogen and oxygen atoms in total. The van der Waals surface area contributed by atoms with E-state index < -0.39 is 12.2 Å². The first-order valence-electron chi connectivity index (χ1n) is 15.6. The number of benzene rings is 4. The number of fused-ring (bicyclic) bond motifs is 4. The average molecular weight is 630 g/mol. The van der Waals surface area contributed by atoms with E-state index in [9.17, 15) is 19.5 Å². The zero-order valence-corrected chi connectivity index (χ0v) is 25.8. The summed E-state index contributed by atoms with van der Waals surface area (Å²) >= 11 is 0. The van der Waals surface area contributed by atoms with Crippen molar-refractivity contribution in [1.82, 2.24) is 25.1 Å². The summed E-state index contributed by atoms with van der Waals surface area (Å²) in [6, 6.07) is 28.7. The number of carbonyl (C=O) groups excluding carboxylic acids is 3. The Morgan fingerprint density at radius 1 is 0.915 bits per heavy atom. The highest BCUT2D eigenvalue weighted by atomic mass is 16.3. The van der Waals surface area contributed by atoms with Gasteiger partial charge in [0.15, 0.2) is 0 Å². The van der Waals surface area contributed by atoms with Gasteiger partial charge in [0.2, 0.25) is 11.8 Å². The maximum absolute atomic E-state index is 14.4. The van der Waals surface area contributed by atoms with Gasteiger partial charge in [-0.15, -0.1) is 6.58 Å². The second-order valence-corrected chi connectivity index (χ2v) is 11.9. The number of nitrogens with one attached hydrogen (secondary N) is 1. The number of rotatable bonds is 8. The molecule has 2 unspecified atom stereocenters. The third-order valence-corrected chi connectivity index (χ3v) is 8.88. The van der Waals surface area contributed by atoms with E-state index in [2.05, 4.69) is 11.9 Å². The molecule has 3 heterocycles. The second-order valence-electron chi connectivity index (χ2n) is 11.9. The topological polar surface area (TPSA) is 110 Å². The maximum atomic E-state index is 14.4. The first-order valence-corrected chi connectivity index (χ1v) is 15.6. The van der Waals surface area contributed by atoms with Crippen LogP contribution in [0.1, 0.15) is 16.7 Å². The molecule has 0 aliphatic carbocycles. The van der Waals surface area contributed by atoms with E-state index >= 15 is 0 Å². The summed E-state index contributed by atoms with van der Waals surface area (Å²) in [7, 11) is 0. The molecule has 5 aromatic rings. The number of hydrazine groups is 1. The molecule has 238 valence electrons. The number of urea groups is 1. The second kappa shape index (κ2) is 12.6. The van der Waals surface area contributed by atoms with Crippen molar-refractivity contribution >= 4 is 39.8 Å². The molecule has 4 amide bonds. The van der Waals surface area contributed by atoms with Gasteiger partial charge < -0.3 is 24.6 Å². The number of piperazine rings is 1. The molecule has 4 aromatic carbocycles. The van der Waals surface area contributed by atoms with Crippen LogP contribution in [0.2, 0.25) is 0 Å². The molecule has 7 rings (SSSR count). The molecule has 2 atom stereocenters. The van der Waals surface area contributed by atoms with Crippen molar-refractivity contribution in [2.45, 2.75) is 31.7 Å². The molecule has 47 heavy (non-hydrogen) atoms. The lowest BCUT2D eigenvalue weighted by Crippen LogP contribution is -2.76. The molecule has 0 spiro atoms. The van der Waals surface area contributed by atoms with Gasteiger partial charge in [0.05, 0.1) is 13.1 Å². The summed E-state index contributed by atoms with van der Waals surface area (Å²) in [6.07, 6.45) is 1.09. The van der Waals surface area contributed by atoms with Crippen LogP contribution in [-0.4, -0.2) is 74.6 Å². The van der Waals surface area contributed by atoms with Crippen LogP contribution in [0.5, 0.6) is 5.75 Å². The molecule has 2 fully saturated rings.